The van der Waals surface area contributed by atoms with Crippen molar-refractivity contribution in [2.45, 2.75) is 31.7 Å². The second-order valence-electron chi connectivity index (χ2n) is 6.25. The van der Waals surface area contributed by atoms with E-state index in [0.717, 1.165) is 0 Å². The Hall–Kier alpha value is -1.15. The monoisotopic (exact) mass is 318 g/mol. The number of piperidine rings is 1. The molecule has 0 spiro atoms. The van der Waals surface area contributed by atoms with Crippen molar-refractivity contribution < 1.29 is 23.1 Å². The summed E-state index contributed by atoms with van der Waals surface area (Å²) >= 11 is 0. The van der Waals surface area contributed by atoms with E-state index in [2.05, 4.69) is 5.32 Å². The summed E-state index contributed by atoms with van der Waals surface area (Å²) in [5.74, 6) is -1.03. The lowest BCUT2D eigenvalue weighted by Crippen LogP contribution is -2.50. The first-order chi connectivity index (χ1) is 9.71. The van der Waals surface area contributed by atoms with Gasteiger partial charge in [-0.15, -0.1) is 0 Å². The predicted molar refractivity (Wildman–Crippen MR) is 76.6 cm³/mol. The Kier molecular flexibility index (Phi) is 4.57. The fourth-order valence-electron chi connectivity index (χ4n) is 2.93. The van der Waals surface area contributed by atoms with E-state index in [-0.39, 0.29) is 29.9 Å². The predicted octanol–water partition coefficient (Wildman–Crippen LogP) is -0.524. The Morgan fingerprint density at radius 3 is 2.43 bits per heavy atom. The van der Waals surface area contributed by atoms with Gasteiger partial charge in [-0.1, -0.05) is 0 Å². The molecule has 2 N–H and O–H groups in total. The third-order valence-corrected chi connectivity index (χ3v) is 6.27. The fraction of sp³-hybridized carbons (Fsp3) is 0.846. The molecule has 0 aromatic carbocycles. The molecular formula is C13H22N2O5S. The van der Waals surface area contributed by atoms with Gasteiger partial charge in [0.25, 0.3) is 0 Å². The van der Waals surface area contributed by atoms with E-state index in [0.29, 0.717) is 32.4 Å². The van der Waals surface area contributed by atoms with Gasteiger partial charge in [-0.25, -0.2) is 8.42 Å². The number of sulfone groups is 1. The van der Waals surface area contributed by atoms with Gasteiger partial charge in [0.2, 0.25) is 5.91 Å². The number of hydrogen-bond acceptors (Lipinski definition) is 5. The van der Waals surface area contributed by atoms with Gasteiger partial charge in [-0.05, 0) is 26.2 Å². The molecule has 2 saturated heterocycles. The number of carboxylic acid groups (broad SMARTS) is 1. The number of nitrogens with zero attached hydrogens (tertiary/aromatic N) is 1. The molecule has 0 bridgehead atoms. The summed E-state index contributed by atoms with van der Waals surface area (Å²) in [6.07, 6.45) is 1.48. The number of carbonyl (C=O) groups excluding carboxylic acids is 1. The van der Waals surface area contributed by atoms with Gasteiger partial charge in [-0.2, -0.15) is 0 Å². The van der Waals surface area contributed by atoms with Crippen LogP contribution in [0, 0.1) is 5.92 Å². The molecular weight excluding hydrogens is 296 g/mol. The van der Waals surface area contributed by atoms with Gasteiger partial charge in [0.1, 0.15) is 0 Å². The highest BCUT2D eigenvalue weighted by molar-refractivity contribution is 7.91. The molecule has 120 valence electrons. The number of aliphatic carboxylic acids is 1. The highest BCUT2D eigenvalue weighted by Gasteiger charge is 2.38. The molecule has 0 aromatic heterocycles. The Morgan fingerprint density at radius 2 is 1.95 bits per heavy atom. The Labute approximate surface area is 124 Å². The van der Waals surface area contributed by atoms with Crippen LogP contribution in [0.1, 0.15) is 26.2 Å². The van der Waals surface area contributed by atoms with E-state index in [1.807, 2.05) is 6.92 Å². The highest BCUT2D eigenvalue weighted by atomic mass is 32.2. The highest BCUT2D eigenvalue weighted by Crippen LogP contribution is 2.23. The normalized spacial score (nSPS) is 29.5. The lowest BCUT2D eigenvalue weighted by atomic mass is 9.97. The minimum Gasteiger partial charge on any atom is -0.481 e. The molecule has 0 aromatic rings. The van der Waals surface area contributed by atoms with E-state index in [1.165, 1.54) is 0 Å². The van der Waals surface area contributed by atoms with Gasteiger partial charge in [-0.3, -0.25) is 9.59 Å². The van der Waals surface area contributed by atoms with Gasteiger partial charge >= 0.3 is 5.97 Å². The minimum absolute atomic E-state index is 0.0639. The third kappa shape index (κ3) is 4.16. The molecule has 1 atom stereocenters. The van der Waals surface area contributed by atoms with Crippen molar-refractivity contribution in [2.75, 3.05) is 31.1 Å². The summed E-state index contributed by atoms with van der Waals surface area (Å²) in [5, 5.41) is 12.0. The second-order valence-corrected chi connectivity index (χ2v) is 8.43. The van der Waals surface area contributed by atoms with Gasteiger partial charge in [0.05, 0.1) is 24.0 Å². The van der Waals surface area contributed by atoms with Gasteiger partial charge in [0.15, 0.2) is 9.84 Å². The summed E-state index contributed by atoms with van der Waals surface area (Å²) in [6.45, 7) is 2.82. The number of likely N-dealkylation sites (tertiary alicyclic amines) is 1. The standard InChI is InChI=1S/C13H22N2O5S/c1-13(4-7-21(19,20)9-13)14-8-11(16)15-5-2-10(3-6-15)12(17)18/h10,14H,2-9H2,1H3,(H,17,18). The number of hydrogen-bond donors (Lipinski definition) is 2. The molecule has 1 amide bonds. The van der Waals surface area contributed by atoms with Crippen LogP contribution >= 0.6 is 0 Å². The van der Waals surface area contributed by atoms with Crippen LogP contribution in [0.15, 0.2) is 0 Å². The number of nitrogens with one attached hydrogen (secondary N) is 1. The summed E-state index contributed by atoms with van der Waals surface area (Å²) in [7, 11) is -3.00. The molecule has 2 fully saturated rings. The number of carboxylic acids is 1. The molecule has 21 heavy (non-hydrogen) atoms. The zero-order valence-electron chi connectivity index (χ0n) is 12.2. The first-order valence-electron chi connectivity index (χ1n) is 7.17. The number of amides is 1. The Morgan fingerprint density at radius 1 is 1.33 bits per heavy atom. The molecule has 8 heteroatoms. The van der Waals surface area contributed by atoms with Crippen molar-refractivity contribution in [1.82, 2.24) is 10.2 Å². The number of rotatable bonds is 4. The third-order valence-electron chi connectivity index (χ3n) is 4.37. The lowest BCUT2D eigenvalue weighted by molar-refractivity contribution is -0.145. The quantitative estimate of drug-likeness (QED) is 0.722. The van der Waals surface area contributed by atoms with Crippen molar-refractivity contribution in [3.63, 3.8) is 0 Å². The molecule has 2 heterocycles. The van der Waals surface area contributed by atoms with Crippen LogP contribution in [0.2, 0.25) is 0 Å². The number of carbonyl (C=O) groups is 2. The molecule has 0 aliphatic carbocycles. The zero-order chi connectivity index (χ0) is 15.7. The van der Waals surface area contributed by atoms with E-state index in [1.54, 1.807) is 4.90 Å². The van der Waals surface area contributed by atoms with Gasteiger partial charge < -0.3 is 15.3 Å². The average molecular weight is 318 g/mol. The van der Waals surface area contributed by atoms with Crippen LogP contribution < -0.4 is 5.32 Å². The first-order valence-corrected chi connectivity index (χ1v) is 8.99. The van der Waals surface area contributed by atoms with Crippen molar-refractivity contribution >= 4 is 21.7 Å². The van der Waals surface area contributed by atoms with Gasteiger partial charge in [0, 0.05) is 18.6 Å². The Balaban J connectivity index is 1.80. The average Bonchev–Trinajstić information content (AvgIpc) is 2.71. The van der Waals surface area contributed by atoms with Crippen LogP contribution in [-0.2, 0) is 19.4 Å². The molecule has 2 rings (SSSR count). The maximum Gasteiger partial charge on any atom is 0.306 e. The lowest BCUT2D eigenvalue weighted by Gasteiger charge is -2.32. The summed E-state index contributed by atoms with van der Waals surface area (Å²) in [4.78, 5) is 24.6. The van der Waals surface area contributed by atoms with E-state index >= 15 is 0 Å². The summed E-state index contributed by atoms with van der Waals surface area (Å²) < 4.78 is 23.0. The maximum atomic E-state index is 12.1. The fourth-order valence-corrected chi connectivity index (χ4v) is 5.05. The SMILES string of the molecule is CC1(NCC(=O)N2CCC(C(=O)O)CC2)CCS(=O)(=O)C1. The zero-order valence-corrected chi connectivity index (χ0v) is 13.0. The molecule has 7 nitrogen and oxygen atoms in total. The van der Waals surface area contributed by atoms with Crippen LogP contribution in [0.3, 0.4) is 0 Å². The summed E-state index contributed by atoms with van der Waals surface area (Å²) in [5.41, 5.74) is -0.534. The largest absolute Gasteiger partial charge is 0.481 e. The summed E-state index contributed by atoms with van der Waals surface area (Å²) in [6, 6.07) is 0. The molecule has 2 aliphatic rings. The molecule has 2 aliphatic heterocycles. The first kappa shape index (κ1) is 16.2. The molecule has 0 radical (unpaired) electrons. The molecule has 0 saturated carbocycles. The van der Waals surface area contributed by atoms with Crippen LogP contribution in [-0.4, -0.2) is 67.0 Å². The smallest absolute Gasteiger partial charge is 0.306 e. The molecule has 1 unspecified atom stereocenters. The van der Waals surface area contributed by atoms with Crippen LogP contribution in [0.25, 0.3) is 0 Å². The van der Waals surface area contributed by atoms with Crippen LogP contribution in [0.5, 0.6) is 0 Å². The maximum absolute atomic E-state index is 12.1. The van der Waals surface area contributed by atoms with Crippen molar-refractivity contribution in [3.8, 4) is 0 Å². The minimum atomic E-state index is -3.00. The topological polar surface area (TPSA) is 104 Å². The van der Waals surface area contributed by atoms with Crippen molar-refractivity contribution in [1.29, 1.82) is 0 Å². The van der Waals surface area contributed by atoms with Crippen molar-refractivity contribution in [2.24, 2.45) is 5.92 Å². The van der Waals surface area contributed by atoms with E-state index in [4.69, 9.17) is 5.11 Å². The second kappa shape index (κ2) is 5.92. The van der Waals surface area contributed by atoms with Crippen LogP contribution in [0.4, 0.5) is 0 Å². The van der Waals surface area contributed by atoms with E-state index < -0.39 is 21.3 Å². The van der Waals surface area contributed by atoms with E-state index in [9.17, 15) is 18.0 Å². The van der Waals surface area contributed by atoms with Crippen molar-refractivity contribution in [3.05, 3.63) is 0 Å². The Bertz CT molecular complexity index is 525.